The molecule has 1 N–H and O–H groups in total. The molecule has 8 heteroatoms. The standard InChI is InChI=1S/C29H35F2N3O3/c1-29(2,31)19-33-13-10-20(11-14-33)18-37-27-9-7-21(16-26(27)32-3)24-8-6-22(15-25(24)30)28(36)34-12-4-5-23(35)17-34/h6-9,15-16,20,23,35H,4-5,10-14,17-19H2,1-2H3/t23-/m0/s1. The molecule has 2 aliphatic rings. The quantitative estimate of drug-likeness (QED) is 0.501. The zero-order valence-electron chi connectivity index (χ0n) is 21.6. The molecule has 0 spiro atoms. The van der Waals surface area contributed by atoms with Gasteiger partial charge in [-0.25, -0.2) is 13.6 Å². The number of aliphatic hydroxyl groups is 1. The molecule has 6 nitrogen and oxygen atoms in total. The number of benzene rings is 2. The lowest BCUT2D eigenvalue weighted by Gasteiger charge is -2.34. The van der Waals surface area contributed by atoms with Crippen LogP contribution < -0.4 is 4.74 Å². The fourth-order valence-corrected chi connectivity index (χ4v) is 5.15. The first kappa shape index (κ1) is 27.0. The number of amides is 1. The van der Waals surface area contributed by atoms with E-state index in [1.807, 2.05) is 0 Å². The van der Waals surface area contributed by atoms with Crippen molar-refractivity contribution in [2.75, 3.05) is 39.3 Å². The Labute approximate surface area is 217 Å². The summed E-state index contributed by atoms with van der Waals surface area (Å²) >= 11 is 0. The molecule has 0 aliphatic carbocycles. The molecule has 2 aromatic carbocycles. The Balaban J connectivity index is 1.39. The van der Waals surface area contributed by atoms with Crippen LogP contribution in [0.25, 0.3) is 16.0 Å². The van der Waals surface area contributed by atoms with E-state index in [0.717, 1.165) is 32.4 Å². The molecule has 2 fully saturated rings. The summed E-state index contributed by atoms with van der Waals surface area (Å²) in [6.45, 7) is 14.1. The van der Waals surface area contributed by atoms with E-state index >= 15 is 4.39 Å². The van der Waals surface area contributed by atoms with Crippen LogP contribution in [0.2, 0.25) is 0 Å². The number of nitrogens with zero attached hydrogens (tertiary/aromatic N) is 3. The molecular weight excluding hydrogens is 476 g/mol. The van der Waals surface area contributed by atoms with Gasteiger partial charge in [0.1, 0.15) is 17.2 Å². The Morgan fingerprint density at radius 3 is 2.57 bits per heavy atom. The molecule has 4 rings (SSSR count). The van der Waals surface area contributed by atoms with Crippen molar-refractivity contribution in [1.82, 2.24) is 9.80 Å². The van der Waals surface area contributed by atoms with Crippen LogP contribution in [0.3, 0.4) is 0 Å². The van der Waals surface area contributed by atoms with Crippen molar-refractivity contribution in [3.8, 4) is 16.9 Å². The molecule has 0 radical (unpaired) electrons. The Morgan fingerprint density at radius 2 is 1.92 bits per heavy atom. The van der Waals surface area contributed by atoms with Gasteiger partial charge in [0.25, 0.3) is 5.91 Å². The Bertz CT molecular complexity index is 1150. The molecule has 0 unspecified atom stereocenters. The summed E-state index contributed by atoms with van der Waals surface area (Å²) in [6.07, 6.45) is 2.66. The number of carbonyl (C=O) groups is 1. The Hall–Kier alpha value is -3.02. The van der Waals surface area contributed by atoms with Gasteiger partial charge in [0.05, 0.1) is 19.3 Å². The molecule has 1 amide bonds. The predicted octanol–water partition coefficient (Wildman–Crippen LogP) is 5.48. The van der Waals surface area contributed by atoms with Gasteiger partial charge in [-0.2, -0.15) is 0 Å². The highest BCUT2D eigenvalue weighted by molar-refractivity contribution is 5.95. The van der Waals surface area contributed by atoms with Crippen LogP contribution in [-0.2, 0) is 0 Å². The number of piperidine rings is 2. The van der Waals surface area contributed by atoms with Gasteiger partial charge < -0.3 is 19.6 Å². The monoisotopic (exact) mass is 511 g/mol. The fraction of sp³-hybridized carbons (Fsp3) is 0.517. The van der Waals surface area contributed by atoms with E-state index in [-0.39, 0.29) is 18.0 Å². The van der Waals surface area contributed by atoms with E-state index in [0.29, 0.717) is 54.6 Å². The Kier molecular flexibility index (Phi) is 8.46. The second-order valence-electron chi connectivity index (χ2n) is 10.8. The largest absolute Gasteiger partial charge is 0.504 e. The summed E-state index contributed by atoms with van der Waals surface area (Å²) in [6, 6.07) is 9.37. The van der Waals surface area contributed by atoms with Gasteiger partial charge in [-0.3, -0.25) is 4.79 Å². The summed E-state index contributed by atoms with van der Waals surface area (Å²) in [5, 5.41) is 9.84. The zero-order valence-corrected chi connectivity index (χ0v) is 21.6. The lowest BCUT2D eigenvalue weighted by Crippen LogP contribution is -2.42. The van der Waals surface area contributed by atoms with Crippen molar-refractivity contribution >= 4 is 11.6 Å². The highest BCUT2D eigenvalue weighted by Gasteiger charge is 2.26. The molecule has 198 valence electrons. The lowest BCUT2D eigenvalue weighted by atomic mass is 9.96. The van der Waals surface area contributed by atoms with Crippen molar-refractivity contribution in [3.63, 3.8) is 0 Å². The molecule has 2 saturated heterocycles. The zero-order chi connectivity index (χ0) is 26.6. The molecule has 0 bridgehead atoms. The molecular formula is C29H35F2N3O3. The SMILES string of the molecule is [C-]#[N+]c1cc(-c2ccc(C(=O)N3CCC[C@H](O)C3)cc2F)ccc1OCC1CCN(CC(C)(C)F)CC1. The Morgan fingerprint density at radius 1 is 1.16 bits per heavy atom. The van der Waals surface area contributed by atoms with Crippen LogP contribution in [0.4, 0.5) is 14.5 Å². The fourth-order valence-electron chi connectivity index (χ4n) is 5.15. The van der Waals surface area contributed by atoms with Gasteiger partial charge in [0, 0.05) is 30.8 Å². The smallest absolute Gasteiger partial charge is 0.254 e. The maximum atomic E-state index is 15.0. The highest BCUT2D eigenvalue weighted by atomic mass is 19.1. The predicted molar refractivity (Wildman–Crippen MR) is 139 cm³/mol. The first-order valence-corrected chi connectivity index (χ1v) is 13.0. The van der Waals surface area contributed by atoms with Gasteiger partial charge in [0.15, 0.2) is 0 Å². The summed E-state index contributed by atoms with van der Waals surface area (Å²) < 4.78 is 34.9. The van der Waals surface area contributed by atoms with E-state index in [9.17, 15) is 14.3 Å². The number of alkyl halides is 1. The summed E-state index contributed by atoms with van der Waals surface area (Å²) in [5.74, 6) is -0.0482. The van der Waals surface area contributed by atoms with Crippen LogP contribution in [0, 0.1) is 18.3 Å². The van der Waals surface area contributed by atoms with Crippen molar-refractivity contribution < 1.29 is 23.4 Å². The number of β-amino-alcohol motifs (C(OH)–C–C–N with tert-alkyl or cyclic N) is 1. The number of ether oxygens (including phenoxy) is 1. The summed E-state index contributed by atoms with van der Waals surface area (Å²) in [4.78, 5) is 20.0. The van der Waals surface area contributed by atoms with E-state index in [1.165, 1.54) is 6.07 Å². The minimum absolute atomic E-state index is 0.238. The molecule has 0 aromatic heterocycles. The second kappa shape index (κ2) is 11.6. The number of rotatable bonds is 7. The number of likely N-dealkylation sites (tertiary alicyclic amines) is 2. The van der Waals surface area contributed by atoms with Gasteiger partial charge in [-0.15, -0.1) is 0 Å². The first-order chi connectivity index (χ1) is 17.6. The highest BCUT2D eigenvalue weighted by Crippen LogP contribution is 2.35. The summed E-state index contributed by atoms with van der Waals surface area (Å²) in [5.41, 5.74) is 0.167. The van der Waals surface area contributed by atoms with Crippen molar-refractivity contribution in [2.24, 2.45) is 5.92 Å². The third-order valence-electron chi connectivity index (χ3n) is 7.07. The molecule has 2 aliphatic heterocycles. The van der Waals surface area contributed by atoms with Crippen molar-refractivity contribution in [1.29, 1.82) is 0 Å². The molecule has 37 heavy (non-hydrogen) atoms. The minimum atomic E-state index is -1.21. The molecule has 0 saturated carbocycles. The normalized spacial score (nSPS) is 19.5. The molecule has 2 heterocycles. The lowest BCUT2D eigenvalue weighted by molar-refractivity contribution is 0.0473. The van der Waals surface area contributed by atoms with Gasteiger partial charge in [0.2, 0.25) is 5.69 Å². The third kappa shape index (κ3) is 7.06. The van der Waals surface area contributed by atoms with E-state index in [1.54, 1.807) is 49.1 Å². The number of aliphatic hydroxyl groups excluding tert-OH is 1. The molecule has 2 aromatic rings. The maximum absolute atomic E-state index is 15.0. The first-order valence-electron chi connectivity index (χ1n) is 13.0. The van der Waals surface area contributed by atoms with E-state index in [4.69, 9.17) is 11.3 Å². The van der Waals surface area contributed by atoms with Crippen molar-refractivity contribution in [2.45, 2.75) is 51.3 Å². The van der Waals surface area contributed by atoms with Crippen molar-refractivity contribution in [3.05, 3.63) is 59.2 Å². The topological polar surface area (TPSA) is 57.4 Å². The number of hydrogen-bond acceptors (Lipinski definition) is 4. The number of hydrogen-bond donors (Lipinski definition) is 1. The van der Waals surface area contributed by atoms with Crippen LogP contribution in [-0.4, -0.2) is 71.9 Å². The average molecular weight is 512 g/mol. The minimum Gasteiger partial charge on any atom is -0.504 e. The van der Waals surface area contributed by atoms with Crippen LogP contribution in [0.1, 0.15) is 49.9 Å². The van der Waals surface area contributed by atoms with Crippen LogP contribution in [0.5, 0.6) is 5.75 Å². The van der Waals surface area contributed by atoms with Gasteiger partial charge in [-0.05, 0) is 88.4 Å². The van der Waals surface area contributed by atoms with Gasteiger partial charge >= 0.3 is 0 Å². The van der Waals surface area contributed by atoms with Crippen LogP contribution >= 0.6 is 0 Å². The van der Waals surface area contributed by atoms with Gasteiger partial charge in [-0.1, -0.05) is 12.1 Å². The molecule has 1 atom stereocenters. The number of halogens is 2. The maximum Gasteiger partial charge on any atom is 0.254 e. The van der Waals surface area contributed by atoms with E-state index < -0.39 is 17.6 Å². The van der Waals surface area contributed by atoms with Crippen LogP contribution in [0.15, 0.2) is 36.4 Å². The second-order valence-corrected chi connectivity index (χ2v) is 10.8. The third-order valence-corrected chi connectivity index (χ3v) is 7.07. The average Bonchev–Trinajstić information content (AvgIpc) is 2.87. The number of carbonyl (C=O) groups excluding carboxylic acids is 1. The van der Waals surface area contributed by atoms with E-state index in [2.05, 4.69) is 9.74 Å². The summed E-state index contributed by atoms with van der Waals surface area (Å²) in [7, 11) is 0.